The zero-order valence-electron chi connectivity index (χ0n) is 13.6. The SMILES string of the molecule is C[SiH](C)O[C@@H]1[C@@H](COC(C)(C)C)OC2OC(C)(C)O[C@@H]21. The Balaban J connectivity index is 2.02. The van der Waals surface area contributed by atoms with E-state index in [2.05, 4.69) is 13.1 Å². The van der Waals surface area contributed by atoms with Crippen LogP contribution in [-0.2, 0) is 23.4 Å². The molecule has 0 radical (unpaired) electrons. The summed E-state index contributed by atoms with van der Waals surface area (Å²) in [4.78, 5) is 0. The van der Waals surface area contributed by atoms with Gasteiger partial charge in [0.05, 0.1) is 12.2 Å². The van der Waals surface area contributed by atoms with Gasteiger partial charge in [0.1, 0.15) is 18.3 Å². The lowest BCUT2D eigenvalue weighted by Crippen LogP contribution is -2.42. The van der Waals surface area contributed by atoms with Gasteiger partial charge in [-0.05, 0) is 47.7 Å². The Bertz CT molecular complexity index is 339. The van der Waals surface area contributed by atoms with Crippen LogP contribution in [0.1, 0.15) is 34.6 Å². The highest BCUT2D eigenvalue weighted by Crippen LogP contribution is 2.39. The minimum absolute atomic E-state index is 0.101. The number of fused-ring (bicyclic) bond motifs is 1. The Morgan fingerprint density at radius 1 is 1.15 bits per heavy atom. The minimum Gasteiger partial charge on any atom is -0.412 e. The summed E-state index contributed by atoms with van der Waals surface area (Å²) in [5.74, 6) is -0.606. The maximum atomic E-state index is 6.13. The fraction of sp³-hybridized carbons (Fsp3) is 1.00. The zero-order valence-corrected chi connectivity index (χ0v) is 14.8. The van der Waals surface area contributed by atoms with Crippen molar-refractivity contribution in [3.05, 3.63) is 0 Å². The van der Waals surface area contributed by atoms with Crippen molar-refractivity contribution in [2.24, 2.45) is 0 Å². The molecule has 1 unspecified atom stereocenters. The predicted octanol–water partition coefficient (Wildman–Crippen LogP) is 2.05. The molecule has 0 aliphatic carbocycles. The van der Waals surface area contributed by atoms with Crippen molar-refractivity contribution in [1.82, 2.24) is 0 Å². The first-order valence-electron chi connectivity index (χ1n) is 7.38. The van der Waals surface area contributed by atoms with E-state index in [1.807, 2.05) is 34.6 Å². The van der Waals surface area contributed by atoms with E-state index >= 15 is 0 Å². The Labute approximate surface area is 123 Å². The Morgan fingerprint density at radius 3 is 2.35 bits per heavy atom. The highest BCUT2D eigenvalue weighted by atomic mass is 28.3. The second-order valence-electron chi connectivity index (χ2n) is 7.22. The van der Waals surface area contributed by atoms with E-state index in [1.54, 1.807) is 0 Å². The van der Waals surface area contributed by atoms with E-state index in [1.165, 1.54) is 0 Å². The van der Waals surface area contributed by atoms with Crippen LogP contribution in [0.15, 0.2) is 0 Å². The van der Waals surface area contributed by atoms with E-state index in [9.17, 15) is 0 Å². The van der Waals surface area contributed by atoms with Crippen LogP contribution >= 0.6 is 0 Å². The molecule has 2 fully saturated rings. The molecule has 2 saturated heterocycles. The van der Waals surface area contributed by atoms with Crippen LogP contribution < -0.4 is 0 Å². The Hall–Kier alpha value is 0.0169. The van der Waals surface area contributed by atoms with E-state index in [4.69, 9.17) is 23.4 Å². The normalized spacial score (nSPS) is 36.6. The molecule has 4 atom stereocenters. The van der Waals surface area contributed by atoms with Gasteiger partial charge in [0.2, 0.25) is 0 Å². The molecule has 0 spiro atoms. The number of hydrogen-bond acceptors (Lipinski definition) is 5. The molecule has 0 saturated carbocycles. The largest absolute Gasteiger partial charge is 0.412 e. The summed E-state index contributed by atoms with van der Waals surface area (Å²) < 4.78 is 29.6. The highest BCUT2D eigenvalue weighted by molar-refractivity contribution is 6.48. The highest BCUT2D eigenvalue weighted by Gasteiger charge is 2.55. The van der Waals surface area contributed by atoms with Crippen molar-refractivity contribution in [2.75, 3.05) is 6.61 Å². The average molecular weight is 304 g/mol. The molecule has 20 heavy (non-hydrogen) atoms. The number of rotatable bonds is 4. The lowest BCUT2D eigenvalue weighted by Gasteiger charge is -2.29. The Morgan fingerprint density at radius 2 is 1.80 bits per heavy atom. The van der Waals surface area contributed by atoms with Crippen LogP contribution in [0.25, 0.3) is 0 Å². The van der Waals surface area contributed by atoms with Gasteiger partial charge in [0.15, 0.2) is 21.1 Å². The fourth-order valence-electron chi connectivity index (χ4n) is 2.49. The first-order chi connectivity index (χ1) is 9.07. The van der Waals surface area contributed by atoms with Gasteiger partial charge in [-0.2, -0.15) is 0 Å². The fourth-order valence-corrected chi connectivity index (χ4v) is 3.45. The molecule has 0 aromatic heterocycles. The second kappa shape index (κ2) is 5.66. The summed E-state index contributed by atoms with van der Waals surface area (Å²) in [6, 6.07) is 0. The van der Waals surface area contributed by atoms with Gasteiger partial charge in [0, 0.05) is 0 Å². The maximum Gasteiger partial charge on any atom is 0.190 e. The van der Waals surface area contributed by atoms with Gasteiger partial charge in [-0.25, -0.2) is 0 Å². The lowest BCUT2D eigenvalue weighted by molar-refractivity contribution is -0.222. The van der Waals surface area contributed by atoms with Crippen LogP contribution in [0.3, 0.4) is 0 Å². The topological polar surface area (TPSA) is 46.2 Å². The third-order valence-corrected chi connectivity index (χ3v) is 4.06. The van der Waals surface area contributed by atoms with E-state index < -0.39 is 14.8 Å². The van der Waals surface area contributed by atoms with Crippen LogP contribution in [0.4, 0.5) is 0 Å². The van der Waals surface area contributed by atoms with Crippen LogP contribution in [-0.4, -0.2) is 51.6 Å². The number of ether oxygens (including phenoxy) is 4. The van der Waals surface area contributed by atoms with Crippen LogP contribution in [0, 0.1) is 0 Å². The van der Waals surface area contributed by atoms with Crippen molar-refractivity contribution in [1.29, 1.82) is 0 Å². The third-order valence-electron chi connectivity index (χ3n) is 3.20. The van der Waals surface area contributed by atoms with Gasteiger partial charge < -0.3 is 23.4 Å². The summed E-state index contributed by atoms with van der Waals surface area (Å²) in [5.41, 5.74) is -0.193. The van der Waals surface area contributed by atoms with Crippen LogP contribution in [0.5, 0.6) is 0 Å². The maximum absolute atomic E-state index is 6.13. The molecule has 2 aliphatic rings. The molecule has 2 aliphatic heterocycles. The first kappa shape index (κ1) is 16.4. The smallest absolute Gasteiger partial charge is 0.190 e. The monoisotopic (exact) mass is 304 g/mol. The molecule has 0 aromatic carbocycles. The van der Waals surface area contributed by atoms with Gasteiger partial charge in [-0.1, -0.05) is 0 Å². The van der Waals surface area contributed by atoms with Gasteiger partial charge in [-0.3, -0.25) is 0 Å². The van der Waals surface area contributed by atoms with Crippen molar-refractivity contribution in [2.45, 2.75) is 83.7 Å². The predicted molar refractivity (Wildman–Crippen MR) is 78.2 cm³/mol. The van der Waals surface area contributed by atoms with Crippen molar-refractivity contribution >= 4 is 9.04 Å². The summed E-state index contributed by atoms with van der Waals surface area (Å²) >= 11 is 0. The summed E-state index contributed by atoms with van der Waals surface area (Å²) in [7, 11) is -1.20. The van der Waals surface area contributed by atoms with E-state index in [0.29, 0.717) is 6.61 Å². The quantitative estimate of drug-likeness (QED) is 0.744. The standard InChI is InChI=1S/C14H28O5Si/c1-13(2,3)15-8-9-10(19-20(6)7)11-12(16-9)18-14(4,5)17-11/h9-12,20H,8H2,1-7H3/t9-,10-,11-,12?/m1/s1. The summed E-state index contributed by atoms with van der Waals surface area (Å²) in [6.45, 7) is 14.7. The average Bonchev–Trinajstić information content (AvgIpc) is 2.68. The van der Waals surface area contributed by atoms with Crippen molar-refractivity contribution in [3.8, 4) is 0 Å². The van der Waals surface area contributed by atoms with E-state index in [0.717, 1.165) is 0 Å². The molecule has 118 valence electrons. The van der Waals surface area contributed by atoms with Gasteiger partial charge in [0.25, 0.3) is 0 Å². The molecule has 0 aromatic rings. The minimum atomic E-state index is -1.20. The molecule has 2 heterocycles. The Kier molecular flexibility index (Phi) is 4.64. The van der Waals surface area contributed by atoms with Crippen molar-refractivity contribution in [3.63, 3.8) is 0 Å². The molecule has 0 bridgehead atoms. The zero-order chi connectivity index (χ0) is 15.1. The molecular weight excluding hydrogens is 276 g/mol. The molecule has 2 rings (SSSR count). The molecule has 0 N–H and O–H groups in total. The first-order valence-corrected chi connectivity index (χ1v) is 10.2. The van der Waals surface area contributed by atoms with Crippen molar-refractivity contribution < 1.29 is 23.4 Å². The lowest BCUT2D eigenvalue weighted by atomic mass is 10.1. The molecule has 5 nitrogen and oxygen atoms in total. The molecule has 0 amide bonds. The molecular formula is C14H28O5Si. The summed E-state index contributed by atoms with van der Waals surface area (Å²) in [6.07, 6.45) is -0.740. The van der Waals surface area contributed by atoms with Crippen LogP contribution in [0.2, 0.25) is 13.1 Å². The third kappa shape index (κ3) is 4.02. The summed E-state index contributed by atoms with van der Waals surface area (Å²) in [5, 5.41) is 0. The number of hydrogen-bond donors (Lipinski definition) is 0. The second-order valence-corrected chi connectivity index (χ2v) is 9.59. The van der Waals surface area contributed by atoms with Gasteiger partial charge in [-0.15, -0.1) is 0 Å². The van der Waals surface area contributed by atoms with E-state index in [-0.39, 0.29) is 30.2 Å². The molecule has 6 heteroatoms. The van der Waals surface area contributed by atoms with Gasteiger partial charge >= 0.3 is 0 Å².